The Morgan fingerprint density at radius 1 is 1.28 bits per heavy atom. The summed E-state index contributed by atoms with van der Waals surface area (Å²) in [6.07, 6.45) is 5.37. The first-order valence-electron chi connectivity index (χ1n) is 8.64. The monoisotopic (exact) mass is 360 g/mol. The lowest BCUT2D eigenvalue weighted by Gasteiger charge is -2.33. The van der Waals surface area contributed by atoms with Crippen molar-refractivity contribution in [2.75, 3.05) is 6.54 Å². The second kappa shape index (κ2) is 7.78. The third kappa shape index (κ3) is 3.74. The molecule has 6 nitrogen and oxygen atoms in total. The third-order valence-corrected chi connectivity index (χ3v) is 4.97. The van der Waals surface area contributed by atoms with Gasteiger partial charge in [0.15, 0.2) is 0 Å². The Morgan fingerprint density at radius 2 is 2.00 bits per heavy atom. The van der Waals surface area contributed by atoms with Gasteiger partial charge in [0, 0.05) is 24.2 Å². The summed E-state index contributed by atoms with van der Waals surface area (Å²) in [5.74, 6) is 0. The smallest absolute Gasteiger partial charge is 0.320 e. The summed E-state index contributed by atoms with van der Waals surface area (Å²) in [6.45, 7) is 2.47. The normalized spacial score (nSPS) is 15.1. The van der Waals surface area contributed by atoms with E-state index in [4.69, 9.17) is 11.6 Å². The molecule has 0 spiro atoms. The first kappa shape index (κ1) is 17.6. The Labute approximate surface area is 151 Å². The molecule has 25 heavy (non-hydrogen) atoms. The zero-order chi connectivity index (χ0) is 17.8. The highest BCUT2D eigenvalue weighted by atomic mass is 35.5. The van der Waals surface area contributed by atoms with Crippen LogP contribution in [0.5, 0.6) is 0 Å². The maximum Gasteiger partial charge on any atom is 0.349 e. The van der Waals surface area contributed by atoms with Gasteiger partial charge in [0.1, 0.15) is 5.69 Å². The van der Waals surface area contributed by atoms with Crippen LogP contribution < -0.4 is 5.56 Å². The number of carbonyl (C=O) groups is 1. The number of rotatable bonds is 3. The molecule has 1 saturated carbocycles. The van der Waals surface area contributed by atoms with E-state index in [1.807, 2.05) is 13.0 Å². The van der Waals surface area contributed by atoms with Gasteiger partial charge in [-0.1, -0.05) is 54.3 Å². The van der Waals surface area contributed by atoms with E-state index in [2.05, 4.69) is 10.3 Å². The molecule has 0 radical (unpaired) electrons. The van der Waals surface area contributed by atoms with Crippen LogP contribution >= 0.6 is 11.6 Å². The quantitative estimate of drug-likeness (QED) is 0.838. The van der Waals surface area contributed by atoms with E-state index in [0.717, 1.165) is 30.4 Å². The van der Waals surface area contributed by atoms with Crippen LogP contribution in [0, 0.1) is 0 Å². The van der Waals surface area contributed by atoms with Crippen LogP contribution in [0.1, 0.15) is 39.0 Å². The van der Waals surface area contributed by atoms with Crippen LogP contribution in [-0.2, 0) is 0 Å². The molecular weight excluding hydrogens is 340 g/mol. The van der Waals surface area contributed by atoms with Crippen molar-refractivity contribution in [2.45, 2.75) is 45.1 Å². The van der Waals surface area contributed by atoms with Gasteiger partial charge in [-0.15, -0.1) is 9.78 Å². The molecule has 2 aromatic rings. The molecule has 0 atom stereocenters. The second-order valence-corrected chi connectivity index (χ2v) is 6.62. The lowest BCUT2D eigenvalue weighted by molar-refractivity contribution is 0.156. The lowest BCUT2D eigenvalue weighted by Crippen LogP contribution is -2.47. The number of nitrogens with zero attached hydrogens (tertiary/aromatic N) is 4. The average Bonchev–Trinajstić information content (AvgIpc) is 2.63. The van der Waals surface area contributed by atoms with E-state index < -0.39 is 11.6 Å². The van der Waals surface area contributed by atoms with E-state index in [9.17, 15) is 9.59 Å². The van der Waals surface area contributed by atoms with Crippen molar-refractivity contribution in [1.29, 1.82) is 0 Å². The molecule has 1 heterocycles. The van der Waals surface area contributed by atoms with Gasteiger partial charge in [-0.3, -0.25) is 4.79 Å². The van der Waals surface area contributed by atoms with Gasteiger partial charge >= 0.3 is 6.03 Å². The highest BCUT2D eigenvalue weighted by molar-refractivity contribution is 6.33. The molecule has 0 unspecified atom stereocenters. The van der Waals surface area contributed by atoms with Gasteiger partial charge in [-0.05, 0) is 25.8 Å². The van der Waals surface area contributed by atoms with Gasteiger partial charge in [-0.2, -0.15) is 0 Å². The van der Waals surface area contributed by atoms with Crippen LogP contribution in [0.25, 0.3) is 11.3 Å². The number of hydrogen-bond donors (Lipinski definition) is 0. The first-order valence-corrected chi connectivity index (χ1v) is 9.02. The fraction of sp³-hybridized carbons (Fsp3) is 0.444. The molecule has 0 N–H and O–H groups in total. The fourth-order valence-electron chi connectivity index (χ4n) is 3.34. The summed E-state index contributed by atoms with van der Waals surface area (Å²) < 4.78 is 0.846. The molecule has 1 aliphatic rings. The molecule has 132 valence electrons. The highest BCUT2D eigenvalue weighted by Gasteiger charge is 2.26. The lowest BCUT2D eigenvalue weighted by atomic mass is 9.94. The number of halogens is 1. The summed E-state index contributed by atoms with van der Waals surface area (Å²) in [4.78, 5) is 26.9. The maximum atomic E-state index is 12.8. The Hall–Kier alpha value is -2.21. The minimum absolute atomic E-state index is 0.170. The highest BCUT2D eigenvalue weighted by Crippen LogP contribution is 2.25. The van der Waals surface area contributed by atoms with Gasteiger partial charge in [0.05, 0.1) is 5.02 Å². The zero-order valence-electron chi connectivity index (χ0n) is 14.2. The van der Waals surface area contributed by atoms with Crippen LogP contribution in [-0.4, -0.2) is 38.5 Å². The van der Waals surface area contributed by atoms with E-state index >= 15 is 0 Å². The molecule has 1 amide bonds. The fourth-order valence-corrected chi connectivity index (χ4v) is 3.57. The molecule has 1 fully saturated rings. The molecule has 1 aromatic carbocycles. The Balaban J connectivity index is 1.88. The number of amides is 1. The Morgan fingerprint density at radius 3 is 2.64 bits per heavy atom. The third-order valence-electron chi connectivity index (χ3n) is 4.64. The molecule has 1 aromatic heterocycles. The van der Waals surface area contributed by atoms with Gasteiger partial charge in [-0.25, -0.2) is 4.79 Å². The van der Waals surface area contributed by atoms with E-state index in [1.165, 1.54) is 12.5 Å². The zero-order valence-corrected chi connectivity index (χ0v) is 14.9. The summed E-state index contributed by atoms with van der Waals surface area (Å²) in [6, 6.07) is 8.16. The summed E-state index contributed by atoms with van der Waals surface area (Å²) in [7, 11) is 0. The van der Waals surface area contributed by atoms with Crippen molar-refractivity contribution in [3.8, 4) is 11.3 Å². The van der Waals surface area contributed by atoms with Crippen LogP contribution in [0.2, 0.25) is 5.02 Å². The first-order chi connectivity index (χ1) is 12.1. The topological polar surface area (TPSA) is 68.1 Å². The Kier molecular flexibility index (Phi) is 5.48. The summed E-state index contributed by atoms with van der Waals surface area (Å²) in [5, 5.41) is 8.38. The van der Waals surface area contributed by atoms with Crippen molar-refractivity contribution in [2.24, 2.45) is 0 Å². The molecule has 3 rings (SSSR count). The molecule has 1 aliphatic carbocycles. The second-order valence-electron chi connectivity index (χ2n) is 6.21. The predicted octanol–water partition coefficient (Wildman–Crippen LogP) is 3.58. The van der Waals surface area contributed by atoms with Gasteiger partial charge < -0.3 is 4.90 Å². The van der Waals surface area contributed by atoms with Crippen LogP contribution in [0.15, 0.2) is 35.1 Å². The average molecular weight is 361 g/mol. The molecule has 7 heteroatoms. The standard InChI is InChI=1S/C18H21ClN4O2/c1-2-22(13-8-4-3-5-9-13)18(25)23-17(24)12-16(20-21-23)14-10-6-7-11-15(14)19/h6-7,10-13H,2-5,8-9H2,1H3. The minimum Gasteiger partial charge on any atom is -0.320 e. The number of hydrogen-bond acceptors (Lipinski definition) is 4. The summed E-state index contributed by atoms with van der Waals surface area (Å²) >= 11 is 6.14. The van der Waals surface area contributed by atoms with Crippen molar-refractivity contribution in [1.82, 2.24) is 19.9 Å². The van der Waals surface area contributed by atoms with Gasteiger partial charge in [0.25, 0.3) is 5.56 Å². The predicted molar refractivity (Wildman–Crippen MR) is 96.8 cm³/mol. The maximum absolute atomic E-state index is 12.8. The SMILES string of the molecule is CCN(C(=O)n1nnc(-c2ccccc2Cl)cc1=O)C1CCCCC1. The summed E-state index contributed by atoms with van der Waals surface area (Å²) in [5.41, 5.74) is 0.484. The molecular formula is C18H21ClN4O2. The van der Waals surface area contributed by atoms with Crippen LogP contribution in [0.3, 0.4) is 0 Å². The largest absolute Gasteiger partial charge is 0.349 e. The van der Waals surface area contributed by atoms with E-state index in [-0.39, 0.29) is 6.04 Å². The molecule has 0 saturated heterocycles. The van der Waals surface area contributed by atoms with Crippen molar-refractivity contribution < 1.29 is 4.79 Å². The van der Waals surface area contributed by atoms with Crippen molar-refractivity contribution >= 4 is 17.6 Å². The van der Waals surface area contributed by atoms with Gasteiger partial charge in [0.2, 0.25) is 0 Å². The number of carbonyl (C=O) groups excluding carboxylic acids is 1. The number of benzene rings is 1. The van der Waals surface area contributed by atoms with Crippen molar-refractivity contribution in [3.63, 3.8) is 0 Å². The van der Waals surface area contributed by atoms with E-state index in [0.29, 0.717) is 22.8 Å². The van der Waals surface area contributed by atoms with Crippen LogP contribution in [0.4, 0.5) is 4.79 Å². The molecule has 0 aliphatic heterocycles. The molecule has 0 bridgehead atoms. The number of aromatic nitrogens is 3. The van der Waals surface area contributed by atoms with Crippen molar-refractivity contribution in [3.05, 3.63) is 45.7 Å². The van der Waals surface area contributed by atoms with E-state index in [1.54, 1.807) is 23.1 Å². The Bertz CT molecular complexity index is 815. The minimum atomic E-state index is -0.496.